The minimum absolute atomic E-state index is 0.134. The van der Waals surface area contributed by atoms with Crippen molar-refractivity contribution in [3.8, 4) is 0 Å². The molecule has 1 unspecified atom stereocenters. The number of Topliss-reactive ketones (excluding diaryl/α,β-unsaturated/α-hetero) is 1. The van der Waals surface area contributed by atoms with Gasteiger partial charge in [0.05, 0.1) is 11.6 Å². The minimum Gasteiger partial charge on any atom is -0.507 e. The van der Waals surface area contributed by atoms with Crippen LogP contribution in [-0.2, 0) is 22.4 Å². The molecule has 0 aliphatic carbocycles. The van der Waals surface area contributed by atoms with Crippen LogP contribution in [0, 0.1) is 0 Å². The maximum absolute atomic E-state index is 13.0. The van der Waals surface area contributed by atoms with Crippen molar-refractivity contribution in [1.29, 1.82) is 0 Å². The van der Waals surface area contributed by atoms with E-state index in [4.69, 9.17) is 0 Å². The van der Waals surface area contributed by atoms with E-state index in [0.29, 0.717) is 18.5 Å². The van der Waals surface area contributed by atoms with Gasteiger partial charge in [0.15, 0.2) is 0 Å². The maximum atomic E-state index is 13.0. The molecule has 0 aromatic heterocycles. The molecule has 3 aromatic rings. The monoisotopic (exact) mass is 411 g/mol. The number of aliphatic hydroxyl groups is 1. The van der Waals surface area contributed by atoms with Crippen LogP contribution in [0.15, 0.2) is 90.5 Å². The first kappa shape index (κ1) is 20.6. The number of hydrogen-bond acceptors (Lipinski definition) is 3. The predicted molar refractivity (Wildman–Crippen MR) is 121 cm³/mol. The SMILES string of the molecule is CCc1ccc(C2C(=C(O)c3ccccc3)C(=O)C(=O)N2CCc2ccccc2)cc1. The van der Waals surface area contributed by atoms with E-state index in [1.54, 1.807) is 29.2 Å². The number of likely N-dealkylation sites (tertiary alicyclic amines) is 1. The van der Waals surface area contributed by atoms with E-state index in [1.165, 1.54) is 5.56 Å². The van der Waals surface area contributed by atoms with Crippen LogP contribution in [0.3, 0.4) is 0 Å². The van der Waals surface area contributed by atoms with Gasteiger partial charge in [-0.1, -0.05) is 91.9 Å². The van der Waals surface area contributed by atoms with E-state index in [9.17, 15) is 14.7 Å². The topological polar surface area (TPSA) is 57.6 Å². The Kier molecular flexibility index (Phi) is 5.99. The van der Waals surface area contributed by atoms with E-state index < -0.39 is 17.7 Å². The molecule has 1 amide bonds. The van der Waals surface area contributed by atoms with Crippen molar-refractivity contribution in [1.82, 2.24) is 4.90 Å². The van der Waals surface area contributed by atoms with Crippen LogP contribution in [0.25, 0.3) is 5.76 Å². The van der Waals surface area contributed by atoms with E-state index in [0.717, 1.165) is 17.5 Å². The van der Waals surface area contributed by atoms with Crippen LogP contribution in [0.1, 0.15) is 35.2 Å². The molecule has 1 fully saturated rings. The van der Waals surface area contributed by atoms with Gasteiger partial charge in [-0.25, -0.2) is 0 Å². The number of benzene rings is 3. The number of nitrogens with zero attached hydrogens (tertiary/aromatic N) is 1. The molecule has 4 heteroatoms. The van der Waals surface area contributed by atoms with Gasteiger partial charge in [0.2, 0.25) is 0 Å². The number of aliphatic hydroxyl groups excluding tert-OH is 1. The summed E-state index contributed by atoms with van der Waals surface area (Å²) in [4.78, 5) is 27.6. The fourth-order valence-corrected chi connectivity index (χ4v) is 4.04. The molecule has 31 heavy (non-hydrogen) atoms. The van der Waals surface area contributed by atoms with Gasteiger partial charge in [0, 0.05) is 12.1 Å². The lowest BCUT2D eigenvalue weighted by atomic mass is 9.94. The summed E-state index contributed by atoms with van der Waals surface area (Å²) >= 11 is 0. The van der Waals surface area contributed by atoms with Crippen LogP contribution in [0.2, 0.25) is 0 Å². The second kappa shape index (κ2) is 9.00. The lowest BCUT2D eigenvalue weighted by molar-refractivity contribution is -0.139. The molecule has 0 bridgehead atoms. The largest absolute Gasteiger partial charge is 0.507 e. The zero-order chi connectivity index (χ0) is 21.8. The first-order valence-corrected chi connectivity index (χ1v) is 10.6. The molecule has 3 aromatic carbocycles. The van der Waals surface area contributed by atoms with Crippen molar-refractivity contribution < 1.29 is 14.7 Å². The van der Waals surface area contributed by atoms with Gasteiger partial charge in [0.25, 0.3) is 11.7 Å². The Morgan fingerprint density at radius 1 is 0.839 bits per heavy atom. The summed E-state index contributed by atoms with van der Waals surface area (Å²) in [5, 5.41) is 11.0. The van der Waals surface area contributed by atoms with Crippen molar-refractivity contribution in [2.45, 2.75) is 25.8 Å². The van der Waals surface area contributed by atoms with Gasteiger partial charge in [-0.3, -0.25) is 9.59 Å². The Balaban J connectivity index is 1.77. The molecule has 1 N–H and O–H groups in total. The number of carbonyl (C=O) groups excluding carboxylic acids is 2. The standard InChI is InChI=1S/C27H25NO3/c1-2-19-13-15-21(16-14-19)24-23(25(29)22-11-7-4-8-12-22)26(30)27(31)28(24)18-17-20-9-5-3-6-10-20/h3-16,24,29H,2,17-18H2,1H3. The second-order valence-electron chi connectivity index (χ2n) is 7.69. The molecular formula is C27H25NO3. The van der Waals surface area contributed by atoms with E-state index in [1.807, 2.05) is 60.7 Å². The van der Waals surface area contributed by atoms with Gasteiger partial charge < -0.3 is 10.0 Å². The van der Waals surface area contributed by atoms with Gasteiger partial charge in [0.1, 0.15) is 5.76 Å². The Bertz CT molecular complexity index is 1100. The zero-order valence-corrected chi connectivity index (χ0v) is 17.5. The zero-order valence-electron chi connectivity index (χ0n) is 17.5. The average Bonchev–Trinajstić information content (AvgIpc) is 3.08. The normalized spacial score (nSPS) is 17.8. The lowest BCUT2D eigenvalue weighted by Crippen LogP contribution is -2.31. The molecule has 4 nitrogen and oxygen atoms in total. The number of rotatable bonds is 6. The molecule has 0 radical (unpaired) electrons. The van der Waals surface area contributed by atoms with E-state index in [-0.39, 0.29) is 11.3 Å². The highest BCUT2D eigenvalue weighted by Crippen LogP contribution is 2.39. The molecule has 0 spiro atoms. The minimum atomic E-state index is -0.640. The van der Waals surface area contributed by atoms with Crippen LogP contribution < -0.4 is 0 Å². The fraction of sp³-hybridized carbons (Fsp3) is 0.185. The molecule has 0 saturated carbocycles. The van der Waals surface area contributed by atoms with Crippen molar-refractivity contribution >= 4 is 17.4 Å². The summed E-state index contributed by atoms with van der Waals surface area (Å²) in [6.45, 7) is 2.47. The number of aryl methyl sites for hydroxylation is 1. The maximum Gasteiger partial charge on any atom is 0.295 e. The van der Waals surface area contributed by atoms with Crippen LogP contribution in [0.5, 0.6) is 0 Å². The molecular weight excluding hydrogens is 386 g/mol. The summed E-state index contributed by atoms with van der Waals surface area (Å²) in [5.74, 6) is -1.34. The highest BCUT2D eigenvalue weighted by atomic mass is 16.3. The average molecular weight is 412 g/mol. The molecule has 1 atom stereocenters. The Morgan fingerprint density at radius 3 is 2.06 bits per heavy atom. The summed E-state index contributed by atoms with van der Waals surface area (Å²) in [6, 6.07) is 26.1. The van der Waals surface area contributed by atoms with Gasteiger partial charge in [-0.2, -0.15) is 0 Å². The number of hydrogen-bond donors (Lipinski definition) is 1. The van der Waals surface area contributed by atoms with E-state index in [2.05, 4.69) is 6.92 Å². The van der Waals surface area contributed by atoms with Crippen LogP contribution >= 0.6 is 0 Å². The number of carbonyl (C=O) groups is 2. The summed E-state index contributed by atoms with van der Waals surface area (Å²) < 4.78 is 0. The third-order valence-electron chi connectivity index (χ3n) is 5.78. The Morgan fingerprint density at radius 2 is 1.45 bits per heavy atom. The highest BCUT2D eigenvalue weighted by Gasteiger charge is 2.45. The molecule has 1 saturated heterocycles. The van der Waals surface area contributed by atoms with Crippen LogP contribution in [-0.4, -0.2) is 28.2 Å². The first-order chi connectivity index (χ1) is 15.1. The van der Waals surface area contributed by atoms with Gasteiger partial charge in [-0.15, -0.1) is 0 Å². The Labute approximate surface area is 182 Å². The number of amides is 1. The van der Waals surface area contributed by atoms with Crippen molar-refractivity contribution in [3.05, 3.63) is 113 Å². The molecule has 4 rings (SSSR count). The third kappa shape index (κ3) is 4.15. The first-order valence-electron chi connectivity index (χ1n) is 10.6. The third-order valence-corrected chi connectivity index (χ3v) is 5.78. The van der Waals surface area contributed by atoms with Crippen molar-refractivity contribution in [2.75, 3.05) is 6.54 Å². The highest BCUT2D eigenvalue weighted by molar-refractivity contribution is 6.46. The smallest absolute Gasteiger partial charge is 0.295 e. The predicted octanol–water partition coefficient (Wildman–Crippen LogP) is 4.91. The van der Waals surface area contributed by atoms with Crippen molar-refractivity contribution in [2.24, 2.45) is 0 Å². The second-order valence-corrected chi connectivity index (χ2v) is 7.69. The summed E-state index contributed by atoms with van der Waals surface area (Å²) in [5.41, 5.74) is 3.76. The van der Waals surface area contributed by atoms with Gasteiger partial charge >= 0.3 is 0 Å². The molecule has 156 valence electrons. The Hall–Kier alpha value is -3.66. The summed E-state index contributed by atoms with van der Waals surface area (Å²) in [6.07, 6.45) is 1.53. The molecule has 1 aliphatic heterocycles. The fourth-order valence-electron chi connectivity index (χ4n) is 4.04. The van der Waals surface area contributed by atoms with Gasteiger partial charge in [-0.05, 0) is 29.5 Å². The quantitative estimate of drug-likeness (QED) is 0.356. The van der Waals surface area contributed by atoms with Crippen molar-refractivity contribution in [3.63, 3.8) is 0 Å². The summed E-state index contributed by atoms with van der Waals surface area (Å²) in [7, 11) is 0. The molecule has 1 heterocycles. The number of ketones is 1. The van der Waals surface area contributed by atoms with E-state index >= 15 is 0 Å². The molecule has 1 aliphatic rings. The lowest BCUT2D eigenvalue weighted by Gasteiger charge is -2.25. The van der Waals surface area contributed by atoms with Crippen LogP contribution in [0.4, 0.5) is 0 Å².